The third-order valence-corrected chi connectivity index (χ3v) is 2.23. The van der Waals surface area contributed by atoms with E-state index in [9.17, 15) is 5.11 Å². The molecule has 0 bridgehead atoms. The van der Waals surface area contributed by atoms with Gasteiger partial charge in [0, 0.05) is 6.54 Å². The summed E-state index contributed by atoms with van der Waals surface area (Å²) in [6.07, 6.45) is -0.656. The van der Waals surface area contributed by atoms with Gasteiger partial charge in [0.1, 0.15) is 6.23 Å². The molecule has 0 radical (unpaired) electrons. The number of hydrogen-bond donors (Lipinski definition) is 4. The van der Waals surface area contributed by atoms with Gasteiger partial charge in [-0.25, -0.2) is 0 Å². The summed E-state index contributed by atoms with van der Waals surface area (Å²) in [7, 11) is 1.57. The molecule has 4 N–H and O–H groups in total. The van der Waals surface area contributed by atoms with E-state index in [0.29, 0.717) is 12.3 Å². The lowest BCUT2D eigenvalue weighted by atomic mass is 10.1. The van der Waals surface area contributed by atoms with Crippen molar-refractivity contribution in [3.8, 4) is 5.75 Å². The van der Waals surface area contributed by atoms with E-state index >= 15 is 0 Å². The molecule has 0 fully saturated rings. The van der Waals surface area contributed by atoms with Crippen LogP contribution < -0.4 is 15.4 Å². The van der Waals surface area contributed by atoms with Crippen LogP contribution in [0.15, 0.2) is 12.1 Å². The van der Waals surface area contributed by atoms with Crippen molar-refractivity contribution in [2.24, 2.45) is 0 Å². The smallest absolute Gasteiger partial charge is 0.165 e. The molecule has 0 aliphatic heterocycles. The quantitative estimate of drug-likeness (QED) is 0.561. The number of aliphatic hydroxyl groups is 2. The Balaban J connectivity index is 3.06. The number of benzene rings is 1. The van der Waals surface area contributed by atoms with Crippen LogP contribution in [0.25, 0.3) is 0 Å². The van der Waals surface area contributed by atoms with E-state index in [4.69, 9.17) is 9.84 Å². The maximum absolute atomic E-state index is 9.36. The van der Waals surface area contributed by atoms with E-state index in [0.717, 1.165) is 16.9 Å². The van der Waals surface area contributed by atoms with Crippen LogP contribution in [0, 0.1) is 6.92 Å². The highest BCUT2D eigenvalue weighted by Gasteiger charge is 2.11. The van der Waals surface area contributed by atoms with E-state index in [-0.39, 0.29) is 6.61 Å². The van der Waals surface area contributed by atoms with Crippen LogP contribution in [-0.4, -0.2) is 36.7 Å². The molecule has 5 heteroatoms. The Bertz CT molecular complexity index is 367. The van der Waals surface area contributed by atoms with Crippen LogP contribution in [0.1, 0.15) is 12.5 Å². The van der Waals surface area contributed by atoms with Crippen molar-refractivity contribution in [2.45, 2.75) is 20.1 Å². The summed E-state index contributed by atoms with van der Waals surface area (Å²) in [4.78, 5) is 0. The molecule has 0 spiro atoms. The minimum atomic E-state index is -0.656. The molecule has 0 aromatic heterocycles. The Hall–Kier alpha value is -1.46. The number of aryl methyl sites for hydroxylation is 1. The fourth-order valence-corrected chi connectivity index (χ4v) is 1.65. The lowest BCUT2D eigenvalue weighted by Crippen LogP contribution is -2.15. The van der Waals surface area contributed by atoms with Crippen LogP contribution in [0.3, 0.4) is 0 Å². The molecule has 1 aromatic rings. The summed E-state index contributed by atoms with van der Waals surface area (Å²) in [6.45, 7) is 4.10. The maximum atomic E-state index is 9.36. The highest BCUT2D eigenvalue weighted by molar-refractivity contribution is 5.72. The van der Waals surface area contributed by atoms with Gasteiger partial charge in [-0.2, -0.15) is 0 Å². The van der Waals surface area contributed by atoms with Gasteiger partial charge < -0.3 is 25.6 Å². The Morgan fingerprint density at radius 3 is 2.53 bits per heavy atom. The summed E-state index contributed by atoms with van der Waals surface area (Å²) < 4.78 is 5.31. The molecule has 0 heterocycles. The van der Waals surface area contributed by atoms with E-state index in [1.165, 1.54) is 0 Å². The fraction of sp³-hybridized carbons (Fsp3) is 0.500. The van der Waals surface area contributed by atoms with Crippen LogP contribution in [0.5, 0.6) is 5.75 Å². The third-order valence-electron chi connectivity index (χ3n) is 2.23. The van der Waals surface area contributed by atoms with Crippen molar-refractivity contribution in [3.05, 3.63) is 17.7 Å². The van der Waals surface area contributed by atoms with Crippen LogP contribution in [0.4, 0.5) is 11.4 Å². The minimum absolute atomic E-state index is 0.0518. The molecule has 1 unspecified atom stereocenters. The molecule has 0 saturated heterocycles. The largest absolute Gasteiger partial charge is 0.492 e. The highest BCUT2D eigenvalue weighted by Crippen LogP contribution is 2.34. The number of anilines is 2. The van der Waals surface area contributed by atoms with Gasteiger partial charge in [0.15, 0.2) is 5.75 Å². The van der Waals surface area contributed by atoms with Gasteiger partial charge in [-0.3, -0.25) is 0 Å². The van der Waals surface area contributed by atoms with Crippen LogP contribution in [0.2, 0.25) is 0 Å². The normalized spacial score (nSPS) is 12.1. The summed E-state index contributed by atoms with van der Waals surface area (Å²) in [6, 6.07) is 3.83. The number of hydrogen-bond acceptors (Lipinski definition) is 5. The topological polar surface area (TPSA) is 73.8 Å². The fourth-order valence-electron chi connectivity index (χ4n) is 1.65. The van der Waals surface area contributed by atoms with Gasteiger partial charge in [-0.15, -0.1) is 0 Å². The predicted molar refractivity (Wildman–Crippen MR) is 68.6 cm³/mol. The SMILES string of the molecule is COc1c(NCCO)cc(C)cc1NC(C)O. The van der Waals surface area contributed by atoms with Crippen LogP contribution in [-0.2, 0) is 0 Å². The number of nitrogens with one attached hydrogen (secondary N) is 2. The Morgan fingerprint density at radius 2 is 2.00 bits per heavy atom. The first-order valence-corrected chi connectivity index (χ1v) is 5.56. The Kier molecular flexibility index (Phi) is 5.06. The van der Waals surface area contributed by atoms with E-state index in [2.05, 4.69) is 10.6 Å². The van der Waals surface area contributed by atoms with Crippen molar-refractivity contribution in [3.63, 3.8) is 0 Å². The van der Waals surface area contributed by atoms with Crippen molar-refractivity contribution < 1.29 is 14.9 Å². The molecular weight excluding hydrogens is 220 g/mol. The van der Waals surface area contributed by atoms with Crippen LogP contribution >= 0.6 is 0 Å². The lowest BCUT2D eigenvalue weighted by molar-refractivity contribution is 0.224. The molecule has 17 heavy (non-hydrogen) atoms. The number of rotatable bonds is 6. The van der Waals surface area contributed by atoms with E-state index < -0.39 is 6.23 Å². The van der Waals surface area contributed by atoms with Crippen molar-refractivity contribution in [1.82, 2.24) is 0 Å². The second-order valence-electron chi connectivity index (χ2n) is 3.86. The maximum Gasteiger partial charge on any atom is 0.165 e. The first-order chi connectivity index (χ1) is 8.08. The molecule has 0 saturated carbocycles. The first-order valence-electron chi connectivity index (χ1n) is 5.56. The lowest BCUT2D eigenvalue weighted by Gasteiger charge is -2.18. The second kappa shape index (κ2) is 6.32. The van der Waals surface area contributed by atoms with Crippen molar-refractivity contribution in [2.75, 3.05) is 30.9 Å². The molecule has 1 aromatic carbocycles. The molecule has 1 atom stereocenters. The summed E-state index contributed by atoms with van der Waals surface area (Å²) in [5.74, 6) is 0.630. The van der Waals surface area contributed by atoms with Gasteiger partial charge >= 0.3 is 0 Å². The average molecular weight is 240 g/mol. The Labute approximate surface area is 101 Å². The zero-order chi connectivity index (χ0) is 12.8. The van der Waals surface area contributed by atoms with Gasteiger partial charge in [-0.05, 0) is 31.5 Å². The van der Waals surface area contributed by atoms with Gasteiger partial charge in [0.05, 0.1) is 25.1 Å². The molecule has 0 aliphatic carbocycles. The molecule has 5 nitrogen and oxygen atoms in total. The van der Waals surface area contributed by atoms with Crippen molar-refractivity contribution >= 4 is 11.4 Å². The van der Waals surface area contributed by atoms with Gasteiger partial charge in [0.2, 0.25) is 0 Å². The predicted octanol–water partition coefficient (Wildman–Crippen LogP) is 1.16. The monoisotopic (exact) mass is 240 g/mol. The summed E-state index contributed by atoms with van der Waals surface area (Å²) in [5, 5.41) is 24.2. The molecule has 96 valence electrons. The van der Waals surface area contributed by atoms with Gasteiger partial charge in [0.25, 0.3) is 0 Å². The van der Waals surface area contributed by atoms with Crippen molar-refractivity contribution in [1.29, 1.82) is 0 Å². The number of aliphatic hydroxyl groups excluding tert-OH is 2. The standard InChI is InChI=1S/C12H20N2O3/c1-8-6-10(13-4-5-15)12(17-3)11(7-8)14-9(2)16/h6-7,9,13-16H,4-5H2,1-3H3. The molecular formula is C12H20N2O3. The summed E-state index contributed by atoms with van der Waals surface area (Å²) >= 11 is 0. The van der Waals surface area contributed by atoms with E-state index in [1.54, 1.807) is 14.0 Å². The summed E-state index contributed by atoms with van der Waals surface area (Å²) in [5.41, 5.74) is 2.56. The molecule has 0 aliphatic rings. The first kappa shape index (κ1) is 13.6. The zero-order valence-electron chi connectivity index (χ0n) is 10.4. The minimum Gasteiger partial charge on any atom is -0.492 e. The number of ether oxygens (including phenoxy) is 1. The molecule has 1 rings (SSSR count). The zero-order valence-corrected chi connectivity index (χ0v) is 10.4. The van der Waals surface area contributed by atoms with E-state index in [1.807, 2.05) is 19.1 Å². The Morgan fingerprint density at radius 1 is 1.35 bits per heavy atom. The average Bonchev–Trinajstić information content (AvgIpc) is 2.25. The van der Waals surface area contributed by atoms with Gasteiger partial charge in [-0.1, -0.05) is 0 Å². The molecule has 0 amide bonds. The third kappa shape index (κ3) is 3.80. The second-order valence-corrected chi connectivity index (χ2v) is 3.86. The number of methoxy groups -OCH3 is 1. The highest BCUT2D eigenvalue weighted by atomic mass is 16.5.